The van der Waals surface area contributed by atoms with Gasteiger partial charge >= 0.3 is 0 Å². The summed E-state index contributed by atoms with van der Waals surface area (Å²) < 4.78 is 0. The van der Waals surface area contributed by atoms with Gasteiger partial charge in [-0.3, -0.25) is 4.79 Å². The summed E-state index contributed by atoms with van der Waals surface area (Å²) in [5.41, 5.74) is 0. The second-order valence-corrected chi connectivity index (χ2v) is 5.33. The van der Waals surface area contributed by atoms with Crippen molar-refractivity contribution in [1.82, 2.24) is 10.6 Å². The second kappa shape index (κ2) is 11.5. The number of hydrogen-bond donors (Lipinski definition) is 2. The number of rotatable bonds is 11. The van der Waals surface area contributed by atoms with Gasteiger partial charge < -0.3 is 10.6 Å². The minimum atomic E-state index is 0.162. The first kappa shape index (κ1) is 17.4. The molecule has 0 radical (unpaired) electrons. The number of unbranched alkanes of at least 4 members (excludes halogenated alkanes) is 3. The van der Waals surface area contributed by atoms with Gasteiger partial charge in [-0.25, -0.2) is 0 Å². The predicted molar refractivity (Wildman–Crippen MR) is 78.7 cm³/mol. The van der Waals surface area contributed by atoms with Crippen molar-refractivity contribution in [3.8, 4) is 0 Å². The Kier molecular flexibility index (Phi) is 11.2. The van der Waals surface area contributed by atoms with Crippen LogP contribution < -0.4 is 10.6 Å². The monoisotopic (exact) mass is 256 g/mol. The first-order chi connectivity index (χ1) is 8.60. The highest BCUT2D eigenvalue weighted by atomic mass is 16.1. The lowest BCUT2D eigenvalue weighted by Crippen LogP contribution is -2.35. The van der Waals surface area contributed by atoms with Crippen molar-refractivity contribution < 1.29 is 4.79 Å². The fourth-order valence-electron chi connectivity index (χ4n) is 1.86. The van der Waals surface area contributed by atoms with E-state index in [1.54, 1.807) is 0 Å². The molecule has 0 aromatic carbocycles. The van der Waals surface area contributed by atoms with E-state index >= 15 is 0 Å². The Morgan fingerprint density at radius 1 is 1.06 bits per heavy atom. The molecule has 0 fully saturated rings. The molecule has 0 aromatic rings. The summed E-state index contributed by atoms with van der Waals surface area (Å²) in [6.45, 7) is 9.36. The third-order valence-electron chi connectivity index (χ3n) is 3.36. The third-order valence-corrected chi connectivity index (χ3v) is 3.36. The van der Waals surface area contributed by atoms with E-state index in [-0.39, 0.29) is 5.91 Å². The molecule has 2 N–H and O–H groups in total. The SMILES string of the molecule is CCCCCCC(C)NCCC(=O)NC(C)CC. The summed E-state index contributed by atoms with van der Waals surface area (Å²) in [5, 5.41) is 6.41. The van der Waals surface area contributed by atoms with Crippen LogP contribution in [0.1, 0.15) is 72.6 Å². The lowest BCUT2D eigenvalue weighted by Gasteiger charge is -2.15. The summed E-state index contributed by atoms with van der Waals surface area (Å²) in [4.78, 5) is 11.5. The van der Waals surface area contributed by atoms with Crippen LogP contribution in [0.25, 0.3) is 0 Å². The van der Waals surface area contributed by atoms with Crippen LogP contribution in [-0.4, -0.2) is 24.5 Å². The van der Waals surface area contributed by atoms with Crippen LogP contribution in [-0.2, 0) is 4.79 Å². The largest absolute Gasteiger partial charge is 0.354 e. The fraction of sp³-hybridized carbons (Fsp3) is 0.933. The highest BCUT2D eigenvalue weighted by Gasteiger charge is 2.06. The quantitative estimate of drug-likeness (QED) is 0.557. The topological polar surface area (TPSA) is 41.1 Å². The van der Waals surface area contributed by atoms with Gasteiger partial charge in [-0.05, 0) is 26.7 Å². The Labute approximate surface area is 113 Å². The second-order valence-electron chi connectivity index (χ2n) is 5.33. The van der Waals surface area contributed by atoms with E-state index in [0.717, 1.165) is 13.0 Å². The molecule has 0 saturated heterocycles. The molecular formula is C15H32N2O. The summed E-state index contributed by atoms with van der Waals surface area (Å²) in [5.74, 6) is 0.162. The number of hydrogen-bond acceptors (Lipinski definition) is 2. The van der Waals surface area contributed by atoms with E-state index in [1.165, 1.54) is 32.1 Å². The van der Waals surface area contributed by atoms with Gasteiger partial charge in [-0.2, -0.15) is 0 Å². The molecule has 1 amide bonds. The molecule has 3 heteroatoms. The molecule has 0 rings (SSSR count). The zero-order valence-electron chi connectivity index (χ0n) is 12.7. The molecule has 3 nitrogen and oxygen atoms in total. The molecular weight excluding hydrogens is 224 g/mol. The van der Waals surface area contributed by atoms with Crippen molar-refractivity contribution >= 4 is 5.91 Å². The van der Waals surface area contributed by atoms with E-state index in [9.17, 15) is 4.79 Å². The molecule has 2 unspecified atom stereocenters. The molecule has 2 atom stereocenters. The molecule has 0 spiro atoms. The fourth-order valence-corrected chi connectivity index (χ4v) is 1.86. The predicted octanol–water partition coefficient (Wildman–Crippen LogP) is 3.24. The summed E-state index contributed by atoms with van der Waals surface area (Å²) in [6.07, 6.45) is 8.04. The van der Waals surface area contributed by atoms with Gasteiger partial charge in [0.2, 0.25) is 5.91 Å². The first-order valence-corrected chi connectivity index (χ1v) is 7.62. The van der Waals surface area contributed by atoms with Crippen molar-refractivity contribution in [1.29, 1.82) is 0 Å². The van der Waals surface area contributed by atoms with Crippen molar-refractivity contribution in [2.45, 2.75) is 84.7 Å². The highest BCUT2D eigenvalue weighted by molar-refractivity contribution is 5.76. The van der Waals surface area contributed by atoms with Gasteiger partial charge in [0.1, 0.15) is 0 Å². The molecule has 0 bridgehead atoms. The first-order valence-electron chi connectivity index (χ1n) is 7.62. The number of nitrogens with one attached hydrogen (secondary N) is 2. The number of carbonyl (C=O) groups is 1. The lowest BCUT2D eigenvalue weighted by atomic mass is 10.1. The lowest BCUT2D eigenvalue weighted by molar-refractivity contribution is -0.121. The molecule has 0 heterocycles. The van der Waals surface area contributed by atoms with Gasteiger partial charge in [0.25, 0.3) is 0 Å². The minimum Gasteiger partial charge on any atom is -0.354 e. The Morgan fingerprint density at radius 2 is 1.78 bits per heavy atom. The van der Waals surface area contributed by atoms with Crippen LogP contribution in [0.4, 0.5) is 0 Å². The highest BCUT2D eigenvalue weighted by Crippen LogP contribution is 2.05. The van der Waals surface area contributed by atoms with Crippen LogP contribution >= 0.6 is 0 Å². The molecule has 0 aliphatic heterocycles. The molecule has 0 aliphatic rings. The molecule has 18 heavy (non-hydrogen) atoms. The molecule has 108 valence electrons. The maximum absolute atomic E-state index is 11.5. The smallest absolute Gasteiger partial charge is 0.221 e. The van der Waals surface area contributed by atoms with Crippen LogP contribution in [0.5, 0.6) is 0 Å². The van der Waals surface area contributed by atoms with E-state index in [0.29, 0.717) is 18.5 Å². The van der Waals surface area contributed by atoms with Gasteiger partial charge in [0.05, 0.1) is 0 Å². The zero-order valence-corrected chi connectivity index (χ0v) is 12.7. The van der Waals surface area contributed by atoms with Crippen molar-refractivity contribution in [3.05, 3.63) is 0 Å². The van der Waals surface area contributed by atoms with Crippen molar-refractivity contribution in [2.75, 3.05) is 6.54 Å². The third kappa shape index (κ3) is 10.6. The van der Waals surface area contributed by atoms with Crippen molar-refractivity contribution in [3.63, 3.8) is 0 Å². The van der Waals surface area contributed by atoms with Gasteiger partial charge in [0.15, 0.2) is 0 Å². The Bertz CT molecular complexity index is 207. The number of amides is 1. The number of carbonyl (C=O) groups excluding carboxylic acids is 1. The van der Waals surface area contributed by atoms with Gasteiger partial charge in [-0.15, -0.1) is 0 Å². The summed E-state index contributed by atoms with van der Waals surface area (Å²) in [6, 6.07) is 0.822. The van der Waals surface area contributed by atoms with Crippen LogP contribution in [0.3, 0.4) is 0 Å². The summed E-state index contributed by atoms with van der Waals surface area (Å²) in [7, 11) is 0. The van der Waals surface area contributed by atoms with E-state index in [1.807, 2.05) is 6.92 Å². The molecule has 0 aliphatic carbocycles. The van der Waals surface area contributed by atoms with E-state index in [4.69, 9.17) is 0 Å². The molecule has 0 aromatic heterocycles. The average Bonchev–Trinajstić information content (AvgIpc) is 2.34. The maximum atomic E-state index is 11.5. The minimum absolute atomic E-state index is 0.162. The average molecular weight is 256 g/mol. The van der Waals surface area contributed by atoms with E-state index in [2.05, 4.69) is 31.4 Å². The van der Waals surface area contributed by atoms with Crippen LogP contribution in [0.15, 0.2) is 0 Å². The zero-order chi connectivity index (χ0) is 13.8. The Morgan fingerprint density at radius 3 is 2.39 bits per heavy atom. The normalized spacial score (nSPS) is 14.2. The Hall–Kier alpha value is -0.570. The van der Waals surface area contributed by atoms with Gasteiger partial charge in [0, 0.05) is 25.0 Å². The molecule has 0 saturated carbocycles. The maximum Gasteiger partial charge on any atom is 0.221 e. The Balaban J connectivity index is 3.43. The van der Waals surface area contributed by atoms with E-state index < -0.39 is 0 Å². The van der Waals surface area contributed by atoms with Crippen molar-refractivity contribution in [2.24, 2.45) is 0 Å². The van der Waals surface area contributed by atoms with Crippen LogP contribution in [0.2, 0.25) is 0 Å². The standard InChI is InChI=1S/C15H32N2O/c1-5-7-8-9-10-14(4)16-12-11-15(18)17-13(3)6-2/h13-14,16H,5-12H2,1-4H3,(H,17,18). The van der Waals surface area contributed by atoms with Crippen LogP contribution in [0, 0.1) is 0 Å². The van der Waals surface area contributed by atoms with Gasteiger partial charge in [-0.1, -0.05) is 39.5 Å². The summed E-state index contributed by atoms with van der Waals surface area (Å²) >= 11 is 0.